The molecule has 1 amide bonds. The van der Waals surface area contributed by atoms with E-state index in [2.05, 4.69) is 64.7 Å². The zero-order valence-corrected chi connectivity index (χ0v) is 20.3. The van der Waals surface area contributed by atoms with Gasteiger partial charge >= 0.3 is 0 Å². The van der Waals surface area contributed by atoms with Crippen LogP contribution in [0.2, 0.25) is 0 Å². The van der Waals surface area contributed by atoms with Crippen LogP contribution in [-0.2, 0) is 4.79 Å². The lowest BCUT2D eigenvalue weighted by atomic mass is 9.89. The number of likely N-dealkylation sites (N-methyl/N-ethyl adjacent to an activating group) is 1. The van der Waals surface area contributed by atoms with Gasteiger partial charge in [0, 0.05) is 29.9 Å². The lowest BCUT2D eigenvalue weighted by Gasteiger charge is -2.36. The summed E-state index contributed by atoms with van der Waals surface area (Å²) < 4.78 is 2.16. The van der Waals surface area contributed by atoms with Crippen molar-refractivity contribution in [3.05, 3.63) is 83.9 Å². The molecule has 3 aromatic carbocycles. The fraction of sp³-hybridized carbons (Fsp3) is 0.286. The number of para-hydroxylation sites is 3. The van der Waals surface area contributed by atoms with Crippen LogP contribution in [0.15, 0.2) is 78.0 Å². The van der Waals surface area contributed by atoms with Crippen LogP contribution >= 0.6 is 11.8 Å². The van der Waals surface area contributed by atoms with Crippen LogP contribution in [0.1, 0.15) is 23.5 Å². The molecular formula is C28H28N4OS. The third-order valence-corrected chi connectivity index (χ3v) is 8.01. The van der Waals surface area contributed by atoms with Gasteiger partial charge in [0.15, 0.2) is 5.16 Å². The number of thioether (sulfide) groups is 1. The molecule has 0 spiro atoms. The molecule has 3 heterocycles. The van der Waals surface area contributed by atoms with E-state index in [1.807, 2.05) is 36.4 Å². The number of rotatable bonds is 4. The Bertz CT molecular complexity index is 1370. The van der Waals surface area contributed by atoms with Crippen molar-refractivity contribution in [2.24, 2.45) is 0 Å². The molecule has 34 heavy (non-hydrogen) atoms. The lowest BCUT2D eigenvalue weighted by molar-refractivity contribution is -0.116. The SMILES string of the molecule is Cc1ccc2c(c1)[C@H]1CN(C)CC[C@@H]1N2C(=O)CSc1nc2ccccc2n1-c1ccccc1. The van der Waals surface area contributed by atoms with Gasteiger partial charge in [-0.05, 0) is 62.8 Å². The number of nitrogens with zero attached hydrogens (tertiary/aromatic N) is 4. The van der Waals surface area contributed by atoms with Crippen molar-refractivity contribution in [2.75, 3.05) is 30.8 Å². The maximum Gasteiger partial charge on any atom is 0.237 e. The molecule has 6 rings (SSSR count). The molecule has 2 aliphatic heterocycles. The number of carbonyl (C=O) groups is 1. The smallest absolute Gasteiger partial charge is 0.237 e. The Hall–Kier alpha value is -3.09. The Morgan fingerprint density at radius 1 is 1.06 bits per heavy atom. The Kier molecular flexibility index (Phi) is 5.42. The molecule has 4 aromatic rings. The first kappa shape index (κ1) is 21.4. The topological polar surface area (TPSA) is 41.4 Å². The molecule has 0 saturated carbocycles. The summed E-state index contributed by atoms with van der Waals surface area (Å²) in [5, 5.41) is 0.851. The molecule has 1 fully saturated rings. The molecule has 0 aliphatic carbocycles. The number of hydrogen-bond donors (Lipinski definition) is 0. The van der Waals surface area contributed by atoms with Gasteiger partial charge in [-0.25, -0.2) is 4.98 Å². The maximum absolute atomic E-state index is 13.7. The highest BCUT2D eigenvalue weighted by Crippen LogP contribution is 2.45. The fourth-order valence-corrected chi connectivity index (χ4v) is 6.42. The Balaban J connectivity index is 1.31. The largest absolute Gasteiger partial charge is 0.308 e. The third-order valence-electron chi connectivity index (χ3n) is 7.09. The van der Waals surface area contributed by atoms with Gasteiger partial charge in [0.1, 0.15) is 0 Å². The molecular weight excluding hydrogens is 440 g/mol. The monoisotopic (exact) mass is 468 g/mol. The van der Waals surface area contributed by atoms with E-state index in [-0.39, 0.29) is 11.9 Å². The van der Waals surface area contributed by atoms with Gasteiger partial charge in [-0.15, -0.1) is 0 Å². The molecule has 172 valence electrons. The molecule has 2 aliphatic rings. The maximum atomic E-state index is 13.7. The van der Waals surface area contributed by atoms with Gasteiger partial charge in [0.05, 0.1) is 16.8 Å². The summed E-state index contributed by atoms with van der Waals surface area (Å²) in [6, 6.07) is 25.2. The molecule has 0 unspecified atom stereocenters. The number of anilines is 1. The number of fused-ring (bicyclic) bond motifs is 4. The molecule has 0 radical (unpaired) electrons. The van der Waals surface area contributed by atoms with E-state index in [0.29, 0.717) is 11.7 Å². The van der Waals surface area contributed by atoms with Crippen LogP contribution in [0.3, 0.4) is 0 Å². The molecule has 1 saturated heterocycles. The van der Waals surface area contributed by atoms with Gasteiger partial charge < -0.3 is 9.80 Å². The number of benzene rings is 3. The normalized spacial score (nSPS) is 19.9. The highest BCUT2D eigenvalue weighted by atomic mass is 32.2. The molecule has 0 N–H and O–H groups in total. The summed E-state index contributed by atoms with van der Waals surface area (Å²) in [4.78, 5) is 23.1. The van der Waals surface area contributed by atoms with Crippen molar-refractivity contribution in [1.29, 1.82) is 0 Å². The lowest BCUT2D eigenvalue weighted by Crippen LogP contribution is -2.47. The zero-order chi connectivity index (χ0) is 23.2. The second kappa shape index (κ2) is 8.60. The van der Waals surface area contributed by atoms with E-state index >= 15 is 0 Å². The Morgan fingerprint density at radius 3 is 2.71 bits per heavy atom. The highest BCUT2D eigenvalue weighted by Gasteiger charge is 2.43. The second-order valence-electron chi connectivity index (χ2n) is 9.39. The van der Waals surface area contributed by atoms with Crippen LogP contribution in [0.25, 0.3) is 16.7 Å². The number of piperidine rings is 1. The van der Waals surface area contributed by atoms with Gasteiger partial charge in [-0.2, -0.15) is 0 Å². The molecule has 1 aromatic heterocycles. The predicted octanol–water partition coefficient (Wildman–Crippen LogP) is 5.26. The van der Waals surface area contributed by atoms with Crippen LogP contribution in [0.5, 0.6) is 0 Å². The van der Waals surface area contributed by atoms with Crippen LogP contribution < -0.4 is 4.90 Å². The van der Waals surface area contributed by atoms with Crippen LogP contribution in [0, 0.1) is 6.92 Å². The quantitative estimate of drug-likeness (QED) is 0.383. The van der Waals surface area contributed by atoms with Gasteiger partial charge in [-0.1, -0.05) is 59.8 Å². The Morgan fingerprint density at radius 2 is 1.85 bits per heavy atom. The number of carbonyl (C=O) groups excluding carboxylic acids is 1. The number of imidazole rings is 1. The van der Waals surface area contributed by atoms with Crippen molar-refractivity contribution in [1.82, 2.24) is 14.5 Å². The first-order valence-corrected chi connectivity index (χ1v) is 12.9. The van der Waals surface area contributed by atoms with Crippen molar-refractivity contribution in [3.8, 4) is 5.69 Å². The average Bonchev–Trinajstić information content (AvgIpc) is 3.38. The van der Waals surface area contributed by atoms with Crippen molar-refractivity contribution in [2.45, 2.75) is 30.5 Å². The van der Waals surface area contributed by atoms with E-state index in [4.69, 9.17) is 4.98 Å². The van der Waals surface area contributed by atoms with Gasteiger partial charge in [-0.3, -0.25) is 9.36 Å². The number of aryl methyl sites for hydroxylation is 1. The zero-order valence-electron chi connectivity index (χ0n) is 19.5. The van der Waals surface area contributed by atoms with Crippen molar-refractivity contribution >= 4 is 34.4 Å². The first-order valence-electron chi connectivity index (χ1n) is 11.9. The first-order chi connectivity index (χ1) is 16.6. The molecule has 5 nitrogen and oxygen atoms in total. The van der Waals surface area contributed by atoms with E-state index in [1.165, 1.54) is 22.9 Å². The molecule has 2 atom stereocenters. The number of likely N-dealkylation sites (tertiary alicyclic amines) is 1. The minimum Gasteiger partial charge on any atom is -0.308 e. The summed E-state index contributed by atoms with van der Waals surface area (Å²) in [6.45, 7) is 4.16. The summed E-state index contributed by atoms with van der Waals surface area (Å²) in [5.41, 5.74) is 6.73. The van der Waals surface area contributed by atoms with E-state index < -0.39 is 0 Å². The van der Waals surface area contributed by atoms with Crippen LogP contribution in [0.4, 0.5) is 5.69 Å². The predicted molar refractivity (Wildman–Crippen MR) is 139 cm³/mol. The van der Waals surface area contributed by atoms with E-state index in [0.717, 1.165) is 47.1 Å². The summed E-state index contributed by atoms with van der Waals surface area (Å²) >= 11 is 1.53. The number of aromatic nitrogens is 2. The standard InChI is InChI=1S/C28H28N4OS/c1-19-12-13-24-21(16-19)22-17-30(2)15-14-25(22)32(24)27(33)18-34-28-29-23-10-6-7-11-26(23)31(28)20-8-4-3-5-9-20/h3-13,16,22,25H,14-15,17-18H2,1-2H3/t22-,25+/m1/s1. The van der Waals surface area contributed by atoms with Gasteiger partial charge in [0.25, 0.3) is 0 Å². The average molecular weight is 469 g/mol. The minimum absolute atomic E-state index is 0.166. The van der Waals surface area contributed by atoms with E-state index in [1.54, 1.807) is 0 Å². The van der Waals surface area contributed by atoms with Crippen molar-refractivity contribution in [3.63, 3.8) is 0 Å². The second-order valence-corrected chi connectivity index (χ2v) is 10.3. The molecule has 0 bridgehead atoms. The highest BCUT2D eigenvalue weighted by molar-refractivity contribution is 7.99. The van der Waals surface area contributed by atoms with Crippen molar-refractivity contribution < 1.29 is 4.79 Å². The minimum atomic E-state index is 0.166. The summed E-state index contributed by atoms with van der Waals surface area (Å²) in [5.74, 6) is 0.915. The molecule has 6 heteroatoms. The number of amides is 1. The van der Waals surface area contributed by atoms with Crippen LogP contribution in [-0.4, -0.2) is 52.3 Å². The Labute approximate surface area is 204 Å². The fourth-order valence-electron chi connectivity index (χ4n) is 5.53. The third kappa shape index (κ3) is 3.62. The van der Waals surface area contributed by atoms with E-state index in [9.17, 15) is 4.79 Å². The summed E-state index contributed by atoms with van der Waals surface area (Å²) in [6.07, 6.45) is 1.01. The number of hydrogen-bond acceptors (Lipinski definition) is 4. The summed E-state index contributed by atoms with van der Waals surface area (Å²) in [7, 11) is 2.18. The van der Waals surface area contributed by atoms with Gasteiger partial charge in [0.2, 0.25) is 5.91 Å².